The molecule has 0 radical (unpaired) electrons. The van der Waals surface area contributed by atoms with E-state index in [0.717, 1.165) is 15.8 Å². The molecule has 2 aromatic heterocycles. The molecule has 0 saturated heterocycles. The molecule has 11 nitrogen and oxygen atoms in total. The van der Waals surface area contributed by atoms with Crippen molar-refractivity contribution in [2.45, 2.75) is 6.04 Å². The van der Waals surface area contributed by atoms with Crippen molar-refractivity contribution in [2.75, 3.05) is 18.5 Å². The molecule has 0 aliphatic carbocycles. The molecule has 35 heavy (non-hydrogen) atoms. The molecule has 0 aliphatic heterocycles. The quantitative estimate of drug-likeness (QED) is 0.172. The molecular weight excluding hydrogens is 448 g/mol. The van der Waals surface area contributed by atoms with E-state index in [1.807, 2.05) is 6.07 Å². The Morgan fingerprint density at radius 2 is 2.00 bits per heavy atom. The van der Waals surface area contributed by atoms with Gasteiger partial charge in [-0.15, -0.1) is 9.78 Å². The van der Waals surface area contributed by atoms with Gasteiger partial charge < -0.3 is 20.9 Å². The zero-order chi connectivity index (χ0) is 24.8. The number of nitrogens with two attached hydrogens (primary N) is 1. The second kappa shape index (κ2) is 10.4. The number of H-pyrrole nitrogens is 1. The molecule has 4 rings (SSSR count). The number of hydrogen-bond donors (Lipinski definition) is 5. The minimum atomic E-state index is -0.618. The number of benzene rings is 2. The van der Waals surface area contributed by atoms with Crippen LogP contribution in [0.2, 0.25) is 0 Å². The van der Waals surface area contributed by atoms with Gasteiger partial charge >= 0.3 is 5.69 Å². The normalized spacial score (nSPS) is 11.6. The highest BCUT2D eigenvalue weighted by molar-refractivity contribution is 5.95. The lowest BCUT2D eigenvalue weighted by molar-refractivity contribution is 0.201. The first-order valence-corrected chi connectivity index (χ1v) is 10.7. The molecule has 0 saturated carbocycles. The summed E-state index contributed by atoms with van der Waals surface area (Å²) in [4.78, 5) is 23.7. The minimum Gasteiger partial charge on any atom is -0.491 e. The third-order valence-corrected chi connectivity index (χ3v) is 5.04. The van der Waals surface area contributed by atoms with Crippen molar-refractivity contribution in [2.24, 2.45) is 5.73 Å². The molecule has 2 aromatic carbocycles. The predicted molar refractivity (Wildman–Crippen MR) is 132 cm³/mol. The van der Waals surface area contributed by atoms with Crippen molar-refractivity contribution in [3.05, 3.63) is 101 Å². The summed E-state index contributed by atoms with van der Waals surface area (Å²) in [5.41, 5.74) is 7.86. The van der Waals surface area contributed by atoms with E-state index in [-0.39, 0.29) is 25.0 Å². The fourth-order valence-electron chi connectivity index (χ4n) is 3.41. The largest absolute Gasteiger partial charge is 0.491 e. The summed E-state index contributed by atoms with van der Waals surface area (Å²) in [5, 5.41) is 24.6. The second-order valence-corrected chi connectivity index (χ2v) is 7.46. The van der Waals surface area contributed by atoms with Crippen LogP contribution in [0.4, 0.5) is 5.69 Å². The number of aromatic nitrogens is 5. The van der Waals surface area contributed by atoms with Crippen LogP contribution in [-0.2, 0) is 0 Å². The highest BCUT2D eigenvalue weighted by atomic mass is 16.5. The molecule has 2 heterocycles. The van der Waals surface area contributed by atoms with Gasteiger partial charge in [-0.25, -0.2) is 14.8 Å². The van der Waals surface area contributed by atoms with Crippen molar-refractivity contribution in [3.8, 4) is 11.7 Å². The lowest BCUT2D eigenvalue weighted by atomic mass is 10.0. The van der Waals surface area contributed by atoms with E-state index in [2.05, 4.69) is 31.9 Å². The Morgan fingerprint density at radius 3 is 2.66 bits per heavy atom. The SMILES string of the molecule is C=Cc1cc(OCCO)cc(C(Nc2ccc(C(=N)N)cc2)c2nn(-c3ncccn3)c(=O)[nH]2)c1. The van der Waals surface area contributed by atoms with Crippen LogP contribution in [0.15, 0.2) is 72.3 Å². The number of rotatable bonds is 10. The predicted octanol–water partition coefficient (Wildman–Crippen LogP) is 1.85. The summed E-state index contributed by atoms with van der Waals surface area (Å²) >= 11 is 0. The Morgan fingerprint density at radius 1 is 1.26 bits per heavy atom. The summed E-state index contributed by atoms with van der Waals surface area (Å²) in [5.74, 6) is 0.936. The zero-order valence-electron chi connectivity index (χ0n) is 18.7. The number of anilines is 1. The zero-order valence-corrected chi connectivity index (χ0v) is 18.7. The lowest BCUT2D eigenvalue weighted by Gasteiger charge is -2.20. The molecule has 11 heteroatoms. The summed E-state index contributed by atoms with van der Waals surface area (Å²) in [6.45, 7) is 3.84. The van der Waals surface area contributed by atoms with Crippen LogP contribution >= 0.6 is 0 Å². The maximum Gasteiger partial charge on any atom is 0.350 e. The number of amidine groups is 1. The number of ether oxygens (including phenoxy) is 1. The molecule has 0 aliphatic rings. The maximum absolute atomic E-state index is 12.7. The van der Waals surface area contributed by atoms with Crippen molar-refractivity contribution in [3.63, 3.8) is 0 Å². The fourth-order valence-corrected chi connectivity index (χ4v) is 3.41. The first kappa shape index (κ1) is 23.4. The van der Waals surface area contributed by atoms with Crippen LogP contribution in [0.25, 0.3) is 12.0 Å². The molecule has 4 aromatic rings. The average molecular weight is 473 g/mol. The van der Waals surface area contributed by atoms with Crippen molar-refractivity contribution < 1.29 is 9.84 Å². The fraction of sp³-hybridized carbons (Fsp3) is 0.125. The van der Waals surface area contributed by atoms with Gasteiger partial charge in [-0.1, -0.05) is 12.7 Å². The average Bonchev–Trinajstić information content (AvgIpc) is 3.27. The highest BCUT2D eigenvalue weighted by Gasteiger charge is 2.22. The molecule has 0 spiro atoms. The second-order valence-electron chi connectivity index (χ2n) is 7.46. The number of aliphatic hydroxyl groups is 1. The van der Waals surface area contributed by atoms with Gasteiger partial charge in [-0.2, -0.15) is 0 Å². The number of aromatic amines is 1. The van der Waals surface area contributed by atoms with Gasteiger partial charge in [0.1, 0.15) is 24.2 Å². The van der Waals surface area contributed by atoms with E-state index in [9.17, 15) is 4.79 Å². The number of hydrogen-bond acceptors (Lipinski definition) is 8. The summed E-state index contributed by atoms with van der Waals surface area (Å²) in [6, 6.07) is 13.5. The Hall–Kier alpha value is -4.77. The van der Waals surface area contributed by atoms with E-state index in [4.69, 9.17) is 21.0 Å². The Labute approximate surface area is 200 Å². The molecule has 0 fully saturated rings. The van der Waals surface area contributed by atoms with E-state index in [1.165, 1.54) is 12.4 Å². The summed E-state index contributed by atoms with van der Waals surface area (Å²) in [7, 11) is 0. The van der Waals surface area contributed by atoms with E-state index in [1.54, 1.807) is 48.5 Å². The highest BCUT2D eigenvalue weighted by Crippen LogP contribution is 2.29. The summed E-state index contributed by atoms with van der Waals surface area (Å²) in [6.07, 6.45) is 4.72. The molecule has 1 unspecified atom stereocenters. The van der Waals surface area contributed by atoms with Crippen LogP contribution < -0.4 is 21.5 Å². The first-order valence-electron chi connectivity index (χ1n) is 10.7. The maximum atomic E-state index is 12.7. The molecular formula is C24H24N8O3. The number of aliphatic hydroxyl groups excluding tert-OH is 1. The van der Waals surface area contributed by atoms with E-state index < -0.39 is 11.7 Å². The number of nitrogen functional groups attached to an aromatic ring is 1. The smallest absolute Gasteiger partial charge is 0.350 e. The number of nitrogens with zero attached hydrogens (tertiary/aromatic N) is 4. The van der Waals surface area contributed by atoms with E-state index >= 15 is 0 Å². The van der Waals surface area contributed by atoms with Crippen LogP contribution in [-0.4, -0.2) is 48.9 Å². The third kappa shape index (κ3) is 5.42. The Kier molecular flexibility index (Phi) is 6.98. The monoisotopic (exact) mass is 472 g/mol. The van der Waals surface area contributed by atoms with E-state index in [0.29, 0.717) is 22.8 Å². The summed E-state index contributed by atoms with van der Waals surface area (Å²) < 4.78 is 6.72. The van der Waals surface area contributed by atoms with Gasteiger partial charge in [0.15, 0.2) is 5.82 Å². The lowest BCUT2D eigenvalue weighted by Crippen LogP contribution is -2.18. The van der Waals surface area contributed by atoms with Gasteiger partial charge in [-0.3, -0.25) is 10.4 Å². The Bertz CT molecular complexity index is 1380. The van der Waals surface area contributed by atoms with Crippen molar-refractivity contribution in [1.82, 2.24) is 24.7 Å². The standard InChI is InChI=1S/C24H24N8O3/c1-2-15-12-17(14-19(13-15)35-11-10-33)20(29-18-6-4-16(5-7-18)21(25)26)22-30-24(34)32(31-22)23-27-8-3-9-28-23/h2-9,12-14,20,29,33H,1,10-11H2,(H3,25,26)(H,30,31,34). The van der Waals surface area contributed by atoms with Gasteiger partial charge in [-0.05, 0) is 59.7 Å². The molecule has 178 valence electrons. The first-order chi connectivity index (χ1) is 17.0. The van der Waals surface area contributed by atoms with Gasteiger partial charge in [0.2, 0.25) is 0 Å². The van der Waals surface area contributed by atoms with Crippen molar-refractivity contribution >= 4 is 17.6 Å². The van der Waals surface area contributed by atoms with Crippen LogP contribution in [0.1, 0.15) is 28.6 Å². The van der Waals surface area contributed by atoms with Gasteiger partial charge in [0.05, 0.1) is 6.61 Å². The third-order valence-electron chi connectivity index (χ3n) is 5.04. The van der Waals surface area contributed by atoms with Crippen LogP contribution in [0.5, 0.6) is 5.75 Å². The number of nitrogens with one attached hydrogen (secondary N) is 3. The molecule has 0 bridgehead atoms. The molecule has 6 N–H and O–H groups in total. The topological polar surface area (TPSA) is 168 Å². The van der Waals surface area contributed by atoms with Crippen LogP contribution in [0, 0.1) is 5.41 Å². The van der Waals surface area contributed by atoms with Crippen LogP contribution in [0.3, 0.4) is 0 Å². The Balaban J connectivity index is 1.79. The minimum absolute atomic E-state index is 0.0385. The molecule has 1 atom stereocenters. The van der Waals surface area contributed by atoms with Gasteiger partial charge in [0, 0.05) is 23.6 Å². The van der Waals surface area contributed by atoms with Crippen molar-refractivity contribution in [1.29, 1.82) is 5.41 Å². The molecule has 0 amide bonds. The van der Waals surface area contributed by atoms with Gasteiger partial charge in [0.25, 0.3) is 5.95 Å².